The van der Waals surface area contributed by atoms with Crippen LogP contribution >= 0.6 is 0 Å². The van der Waals surface area contributed by atoms with Crippen molar-refractivity contribution in [2.75, 3.05) is 18.1 Å². The molecule has 0 bridgehead atoms. The lowest BCUT2D eigenvalue weighted by atomic mass is 10.1. The fraction of sp³-hybridized carbons (Fsp3) is 0.231. The average Bonchev–Trinajstić information content (AvgIpc) is 2.74. The molecule has 148 valence electrons. The van der Waals surface area contributed by atoms with Gasteiger partial charge in [-0.3, -0.25) is 0 Å². The van der Waals surface area contributed by atoms with E-state index in [1.807, 2.05) is 24.3 Å². The van der Waals surface area contributed by atoms with Crippen molar-refractivity contribution >= 4 is 11.8 Å². The summed E-state index contributed by atoms with van der Waals surface area (Å²) in [6.45, 7) is 6.37. The third kappa shape index (κ3) is 5.00. The Kier molecular flexibility index (Phi) is 5.85. The Labute approximate surface area is 173 Å². The molecule has 29 heavy (non-hydrogen) atoms. The SMILES string of the molecule is CC(C)=Cc1ccc(OCC2CN(Cc3ccccc3)c3ccccc3O2)cc1. The van der Waals surface area contributed by atoms with Gasteiger partial charge < -0.3 is 14.4 Å². The summed E-state index contributed by atoms with van der Waals surface area (Å²) < 4.78 is 12.3. The first-order valence-corrected chi connectivity index (χ1v) is 10.1. The standard InChI is InChI=1S/C26H27NO2/c1-20(2)16-21-12-14-23(15-13-21)28-19-24-18-27(17-22-8-4-3-5-9-22)25-10-6-7-11-26(25)29-24/h3-16,24H,17-19H2,1-2H3. The first kappa shape index (κ1) is 19.1. The molecule has 0 amide bonds. The number of fused-ring (bicyclic) bond motifs is 1. The van der Waals surface area contributed by atoms with Gasteiger partial charge in [-0.15, -0.1) is 0 Å². The van der Waals surface area contributed by atoms with Gasteiger partial charge in [-0.1, -0.05) is 66.2 Å². The van der Waals surface area contributed by atoms with Crippen LogP contribution in [0.4, 0.5) is 5.69 Å². The number of hydrogen-bond donors (Lipinski definition) is 0. The summed E-state index contributed by atoms with van der Waals surface area (Å²) in [5.41, 5.74) is 4.90. The number of hydrogen-bond acceptors (Lipinski definition) is 3. The molecule has 1 atom stereocenters. The number of allylic oxidation sites excluding steroid dienone is 1. The van der Waals surface area contributed by atoms with Gasteiger partial charge in [-0.2, -0.15) is 0 Å². The summed E-state index contributed by atoms with van der Waals surface area (Å²) in [5.74, 6) is 1.79. The van der Waals surface area contributed by atoms with Gasteiger partial charge in [0, 0.05) is 6.54 Å². The van der Waals surface area contributed by atoms with Crippen LogP contribution in [-0.4, -0.2) is 19.3 Å². The molecule has 1 aliphatic rings. The normalized spacial score (nSPS) is 15.2. The van der Waals surface area contributed by atoms with E-state index in [0.717, 1.165) is 30.3 Å². The predicted octanol–water partition coefficient (Wildman–Crippen LogP) is 5.96. The topological polar surface area (TPSA) is 21.7 Å². The molecule has 1 unspecified atom stereocenters. The molecule has 0 radical (unpaired) electrons. The maximum atomic E-state index is 6.22. The lowest BCUT2D eigenvalue weighted by Gasteiger charge is -2.36. The summed E-state index contributed by atoms with van der Waals surface area (Å²) in [7, 11) is 0. The Morgan fingerprint density at radius 3 is 2.45 bits per heavy atom. The van der Waals surface area contributed by atoms with Crippen molar-refractivity contribution in [3.05, 3.63) is 95.6 Å². The monoisotopic (exact) mass is 385 g/mol. The van der Waals surface area contributed by atoms with Gasteiger partial charge in [-0.25, -0.2) is 0 Å². The van der Waals surface area contributed by atoms with E-state index >= 15 is 0 Å². The Morgan fingerprint density at radius 1 is 0.966 bits per heavy atom. The number of nitrogens with zero attached hydrogens (tertiary/aromatic N) is 1. The highest BCUT2D eigenvalue weighted by molar-refractivity contribution is 5.60. The minimum absolute atomic E-state index is 0.0222. The molecule has 0 saturated carbocycles. The van der Waals surface area contributed by atoms with Gasteiger partial charge in [0.25, 0.3) is 0 Å². The van der Waals surface area contributed by atoms with Gasteiger partial charge in [0.05, 0.1) is 12.2 Å². The van der Waals surface area contributed by atoms with Crippen molar-refractivity contribution in [3.63, 3.8) is 0 Å². The Balaban J connectivity index is 1.44. The highest BCUT2D eigenvalue weighted by Gasteiger charge is 2.26. The van der Waals surface area contributed by atoms with Crippen LogP contribution in [-0.2, 0) is 6.54 Å². The Bertz CT molecular complexity index is 960. The molecule has 0 saturated heterocycles. The summed E-state index contributed by atoms with van der Waals surface area (Å²) >= 11 is 0. The molecule has 3 aromatic carbocycles. The molecule has 1 heterocycles. The Morgan fingerprint density at radius 2 is 1.69 bits per heavy atom. The molecule has 3 heteroatoms. The molecule has 3 aromatic rings. The molecule has 0 aromatic heterocycles. The van der Waals surface area contributed by atoms with Crippen molar-refractivity contribution in [3.8, 4) is 11.5 Å². The van der Waals surface area contributed by atoms with Gasteiger partial charge >= 0.3 is 0 Å². The van der Waals surface area contributed by atoms with Crippen molar-refractivity contribution in [1.82, 2.24) is 0 Å². The molecular formula is C26H27NO2. The van der Waals surface area contributed by atoms with E-state index in [-0.39, 0.29) is 6.10 Å². The van der Waals surface area contributed by atoms with Gasteiger partial charge in [0.1, 0.15) is 18.1 Å². The van der Waals surface area contributed by atoms with Gasteiger partial charge in [-0.05, 0) is 49.2 Å². The molecule has 0 N–H and O–H groups in total. The van der Waals surface area contributed by atoms with E-state index in [2.05, 4.69) is 79.4 Å². The zero-order valence-electron chi connectivity index (χ0n) is 17.0. The van der Waals surface area contributed by atoms with Crippen LogP contribution in [0.15, 0.2) is 84.4 Å². The minimum Gasteiger partial charge on any atom is -0.490 e. The molecule has 4 rings (SSSR count). The number of para-hydroxylation sites is 2. The first-order valence-electron chi connectivity index (χ1n) is 10.1. The fourth-order valence-corrected chi connectivity index (χ4v) is 3.60. The summed E-state index contributed by atoms with van der Waals surface area (Å²) in [4.78, 5) is 2.38. The zero-order valence-corrected chi connectivity index (χ0v) is 17.0. The van der Waals surface area contributed by atoms with Crippen LogP contribution in [0.25, 0.3) is 6.08 Å². The van der Waals surface area contributed by atoms with E-state index in [0.29, 0.717) is 6.61 Å². The highest BCUT2D eigenvalue weighted by atomic mass is 16.5. The average molecular weight is 386 g/mol. The third-order valence-electron chi connectivity index (χ3n) is 4.91. The zero-order chi connectivity index (χ0) is 20.1. The van der Waals surface area contributed by atoms with Crippen molar-refractivity contribution in [1.29, 1.82) is 0 Å². The molecular weight excluding hydrogens is 358 g/mol. The second-order valence-corrected chi connectivity index (χ2v) is 7.68. The molecule has 1 aliphatic heterocycles. The maximum absolute atomic E-state index is 6.22. The Hall–Kier alpha value is -3.20. The molecule has 0 aliphatic carbocycles. The third-order valence-corrected chi connectivity index (χ3v) is 4.91. The van der Waals surface area contributed by atoms with E-state index in [4.69, 9.17) is 9.47 Å². The van der Waals surface area contributed by atoms with Gasteiger partial charge in [0.15, 0.2) is 6.10 Å². The van der Waals surface area contributed by atoms with E-state index in [1.54, 1.807) is 0 Å². The number of rotatable bonds is 6. The van der Waals surface area contributed by atoms with Crippen LogP contribution in [0.5, 0.6) is 11.5 Å². The molecule has 0 fully saturated rings. The van der Waals surface area contributed by atoms with Gasteiger partial charge in [0.2, 0.25) is 0 Å². The number of ether oxygens (including phenoxy) is 2. The van der Waals surface area contributed by atoms with Crippen molar-refractivity contribution in [2.24, 2.45) is 0 Å². The predicted molar refractivity (Wildman–Crippen MR) is 120 cm³/mol. The largest absolute Gasteiger partial charge is 0.490 e. The lowest BCUT2D eigenvalue weighted by molar-refractivity contribution is 0.124. The number of benzene rings is 3. The summed E-state index contributed by atoms with van der Waals surface area (Å²) in [5, 5.41) is 0. The quantitative estimate of drug-likeness (QED) is 0.523. The lowest BCUT2D eigenvalue weighted by Crippen LogP contribution is -2.42. The van der Waals surface area contributed by atoms with Crippen LogP contribution < -0.4 is 14.4 Å². The van der Waals surface area contributed by atoms with Crippen LogP contribution in [0, 0.1) is 0 Å². The van der Waals surface area contributed by atoms with Crippen molar-refractivity contribution in [2.45, 2.75) is 26.5 Å². The van der Waals surface area contributed by atoms with Crippen LogP contribution in [0.1, 0.15) is 25.0 Å². The van der Waals surface area contributed by atoms with E-state index < -0.39 is 0 Å². The van der Waals surface area contributed by atoms with E-state index in [1.165, 1.54) is 16.7 Å². The fourth-order valence-electron chi connectivity index (χ4n) is 3.60. The first-order chi connectivity index (χ1) is 14.2. The number of anilines is 1. The second kappa shape index (κ2) is 8.87. The van der Waals surface area contributed by atoms with Crippen LogP contribution in [0.3, 0.4) is 0 Å². The summed E-state index contributed by atoms with van der Waals surface area (Å²) in [6, 6.07) is 27.0. The smallest absolute Gasteiger partial charge is 0.150 e. The molecule has 3 nitrogen and oxygen atoms in total. The van der Waals surface area contributed by atoms with Crippen molar-refractivity contribution < 1.29 is 9.47 Å². The summed E-state index contributed by atoms with van der Waals surface area (Å²) in [6.07, 6.45) is 2.14. The van der Waals surface area contributed by atoms with Crippen LogP contribution in [0.2, 0.25) is 0 Å². The second-order valence-electron chi connectivity index (χ2n) is 7.68. The minimum atomic E-state index is -0.0222. The van der Waals surface area contributed by atoms with E-state index in [9.17, 15) is 0 Å². The maximum Gasteiger partial charge on any atom is 0.150 e. The molecule has 0 spiro atoms. The highest BCUT2D eigenvalue weighted by Crippen LogP contribution is 2.34.